The summed E-state index contributed by atoms with van der Waals surface area (Å²) in [6, 6.07) is 22.5. The Hall–Kier alpha value is -2.52. The van der Waals surface area contributed by atoms with Crippen LogP contribution in [0.2, 0.25) is 0 Å². The molecule has 0 spiro atoms. The predicted molar refractivity (Wildman–Crippen MR) is 144 cm³/mol. The SMILES string of the molecule is CCCCC[C@H]1CC[C@H](c2ccc(C#Cc3ccc4cc(CCCC)ccc4c3)cc2)CC1. The fraction of sp³-hybridized carbons (Fsp3) is 0.455. The number of hydrogen-bond acceptors (Lipinski definition) is 0. The topological polar surface area (TPSA) is 0 Å². The van der Waals surface area contributed by atoms with Crippen molar-refractivity contribution in [2.45, 2.75) is 90.4 Å². The van der Waals surface area contributed by atoms with Gasteiger partial charge >= 0.3 is 0 Å². The van der Waals surface area contributed by atoms with E-state index in [1.54, 1.807) is 0 Å². The van der Waals surface area contributed by atoms with E-state index in [9.17, 15) is 0 Å². The minimum absolute atomic E-state index is 0.747. The molecule has 0 unspecified atom stereocenters. The number of aryl methyl sites for hydroxylation is 1. The van der Waals surface area contributed by atoms with E-state index < -0.39 is 0 Å². The van der Waals surface area contributed by atoms with Crippen molar-refractivity contribution in [3.63, 3.8) is 0 Å². The molecule has 3 aromatic carbocycles. The van der Waals surface area contributed by atoms with Gasteiger partial charge in [0.1, 0.15) is 0 Å². The van der Waals surface area contributed by atoms with Crippen LogP contribution in [0.4, 0.5) is 0 Å². The van der Waals surface area contributed by atoms with Crippen molar-refractivity contribution < 1.29 is 0 Å². The second-order valence-electron chi connectivity index (χ2n) is 10.1. The van der Waals surface area contributed by atoms with Gasteiger partial charge in [-0.25, -0.2) is 0 Å². The molecule has 0 radical (unpaired) electrons. The molecule has 0 saturated heterocycles. The highest BCUT2D eigenvalue weighted by atomic mass is 14.3. The highest BCUT2D eigenvalue weighted by Gasteiger charge is 2.21. The van der Waals surface area contributed by atoms with Crippen molar-refractivity contribution in [2.75, 3.05) is 0 Å². The van der Waals surface area contributed by atoms with Crippen LogP contribution in [0.3, 0.4) is 0 Å². The summed E-state index contributed by atoms with van der Waals surface area (Å²) in [5.41, 5.74) is 5.15. The Morgan fingerprint density at radius 2 is 1.33 bits per heavy atom. The molecule has 4 rings (SSSR count). The molecule has 33 heavy (non-hydrogen) atoms. The van der Waals surface area contributed by atoms with Crippen molar-refractivity contribution in [3.8, 4) is 11.8 Å². The molecule has 1 aliphatic carbocycles. The van der Waals surface area contributed by atoms with Crippen LogP contribution in [-0.4, -0.2) is 0 Å². The Kier molecular flexibility index (Phi) is 8.65. The first kappa shape index (κ1) is 23.6. The Morgan fingerprint density at radius 3 is 2.09 bits per heavy atom. The average molecular weight is 437 g/mol. The van der Waals surface area contributed by atoms with E-state index in [2.05, 4.69) is 86.4 Å². The zero-order valence-corrected chi connectivity index (χ0v) is 20.7. The van der Waals surface area contributed by atoms with Gasteiger partial charge in [-0.2, -0.15) is 0 Å². The molecule has 0 nitrogen and oxygen atoms in total. The first-order valence-corrected chi connectivity index (χ1v) is 13.4. The average Bonchev–Trinajstić information content (AvgIpc) is 2.87. The fourth-order valence-electron chi connectivity index (χ4n) is 5.36. The number of hydrogen-bond donors (Lipinski definition) is 0. The monoisotopic (exact) mass is 436 g/mol. The summed E-state index contributed by atoms with van der Waals surface area (Å²) in [6.07, 6.45) is 14.8. The van der Waals surface area contributed by atoms with E-state index in [1.165, 1.54) is 92.5 Å². The summed E-state index contributed by atoms with van der Waals surface area (Å²) in [7, 11) is 0. The predicted octanol–water partition coefficient (Wildman–Crippen LogP) is 9.44. The van der Waals surface area contributed by atoms with E-state index in [1.807, 2.05) is 0 Å². The molecule has 1 fully saturated rings. The van der Waals surface area contributed by atoms with Gasteiger partial charge < -0.3 is 0 Å². The lowest BCUT2D eigenvalue weighted by molar-refractivity contribution is 0.303. The third-order valence-corrected chi connectivity index (χ3v) is 7.52. The molecule has 0 atom stereocenters. The highest BCUT2D eigenvalue weighted by molar-refractivity contribution is 5.84. The van der Waals surface area contributed by atoms with Crippen molar-refractivity contribution in [1.29, 1.82) is 0 Å². The van der Waals surface area contributed by atoms with Crippen molar-refractivity contribution in [3.05, 3.63) is 82.9 Å². The lowest BCUT2D eigenvalue weighted by atomic mass is 9.77. The number of fused-ring (bicyclic) bond motifs is 1. The molecule has 0 amide bonds. The molecule has 0 bridgehead atoms. The Balaban J connectivity index is 1.35. The first-order chi connectivity index (χ1) is 16.2. The maximum atomic E-state index is 3.38. The summed E-state index contributed by atoms with van der Waals surface area (Å²) in [4.78, 5) is 0. The molecular formula is C33H40. The molecule has 0 aliphatic heterocycles. The van der Waals surface area contributed by atoms with Crippen LogP contribution in [0, 0.1) is 17.8 Å². The van der Waals surface area contributed by atoms with Gasteiger partial charge in [0.05, 0.1) is 0 Å². The minimum atomic E-state index is 0.747. The maximum Gasteiger partial charge on any atom is 0.0255 e. The molecule has 0 heterocycles. The smallest absolute Gasteiger partial charge is 0.0255 e. The summed E-state index contributed by atoms with van der Waals surface area (Å²) in [5.74, 6) is 8.48. The molecule has 0 heteroatoms. The van der Waals surface area contributed by atoms with Gasteiger partial charge in [-0.3, -0.25) is 0 Å². The second kappa shape index (κ2) is 12.1. The zero-order valence-electron chi connectivity index (χ0n) is 20.7. The summed E-state index contributed by atoms with van der Waals surface area (Å²) < 4.78 is 0. The molecule has 0 aromatic heterocycles. The van der Waals surface area contributed by atoms with Gasteiger partial charge in [-0.05, 0) is 96.5 Å². The van der Waals surface area contributed by atoms with Crippen LogP contribution < -0.4 is 0 Å². The third-order valence-electron chi connectivity index (χ3n) is 7.52. The van der Waals surface area contributed by atoms with Gasteiger partial charge in [0.15, 0.2) is 0 Å². The van der Waals surface area contributed by atoms with Crippen molar-refractivity contribution in [1.82, 2.24) is 0 Å². The lowest BCUT2D eigenvalue weighted by Crippen LogP contribution is -2.13. The second-order valence-corrected chi connectivity index (χ2v) is 10.1. The van der Waals surface area contributed by atoms with Gasteiger partial charge in [0.25, 0.3) is 0 Å². The van der Waals surface area contributed by atoms with Crippen LogP contribution in [0.25, 0.3) is 10.8 Å². The maximum absolute atomic E-state index is 3.38. The summed E-state index contributed by atoms with van der Waals surface area (Å²) in [6.45, 7) is 4.55. The Bertz CT molecular complexity index is 1070. The van der Waals surface area contributed by atoms with Crippen LogP contribution >= 0.6 is 0 Å². The summed E-state index contributed by atoms with van der Waals surface area (Å²) >= 11 is 0. The Morgan fingerprint density at radius 1 is 0.667 bits per heavy atom. The molecular weight excluding hydrogens is 396 g/mol. The van der Waals surface area contributed by atoms with Crippen LogP contribution in [-0.2, 0) is 6.42 Å². The normalized spacial score (nSPS) is 18.1. The third kappa shape index (κ3) is 6.74. The van der Waals surface area contributed by atoms with E-state index in [0.717, 1.165) is 23.0 Å². The number of unbranched alkanes of at least 4 members (excludes halogenated alkanes) is 3. The molecule has 1 saturated carbocycles. The van der Waals surface area contributed by atoms with E-state index in [4.69, 9.17) is 0 Å². The van der Waals surface area contributed by atoms with E-state index in [-0.39, 0.29) is 0 Å². The van der Waals surface area contributed by atoms with Gasteiger partial charge in [0.2, 0.25) is 0 Å². The van der Waals surface area contributed by atoms with E-state index in [0.29, 0.717) is 0 Å². The van der Waals surface area contributed by atoms with Crippen molar-refractivity contribution in [2.24, 2.45) is 5.92 Å². The molecule has 1 aliphatic rings. The standard InChI is InChI=1S/C33H40/c1-3-5-7-9-26-12-18-30(19-13-26)31-20-14-27(15-21-31)10-11-29-17-23-32-24-28(8-6-4-2)16-22-33(32)25-29/h14-17,20-26,30H,3-9,12-13,18-19H2,1-2H3/t26-,30-. The zero-order chi connectivity index (χ0) is 22.9. The largest absolute Gasteiger partial charge is 0.0654 e. The van der Waals surface area contributed by atoms with Crippen LogP contribution in [0.5, 0.6) is 0 Å². The number of rotatable bonds is 8. The summed E-state index contributed by atoms with van der Waals surface area (Å²) in [5, 5.41) is 2.60. The van der Waals surface area contributed by atoms with Gasteiger partial charge in [-0.15, -0.1) is 0 Å². The van der Waals surface area contributed by atoms with Crippen molar-refractivity contribution >= 4 is 10.8 Å². The number of benzene rings is 3. The molecule has 172 valence electrons. The van der Waals surface area contributed by atoms with E-state index >= 15 is 0 Å². The lowest BCUT2D eigenvalue weighted by Gasteiger charge is -2.29. The highest BCUT2D eigenvalue weighted by Crippen LogP contribution is 2.37. The quantitative estimate of drug-likeness (QED) is 0.244. The van der Waals surface area contributed by atoms with Crippen LogP contribution in [0.15, 0.2) is 60.7 Å². The van der Waals surface area contributed by atoms with Gasteiger partial charge in [0, 0.05) is 11.1 Å². The molecule has 0 N–H and O–H groups in total. The Labute approximate surface area is 201 Å². The van der Waals surface area contributed by atoms with Crippen LogP contribution in [0.1, 0.15) is 106 Å². The fourth-order valence-corrected chi connectivity index (χ4v) is 5.36. The first-order valence-electron chi connectivity index (χ1n) is 13.4. The molecule has 3 aromatic rings. The minimum Gasteiger partial charge on any atom is -0.0654 e. The van der Waals surface area contributed by atoms with Gasteiger partial charge in [-0.1, -0.05) is 94.2 Å².